The van der Waals surface area contributed by atoms with Crippen molar-refractivity contribution in [2.24, 2.45) is 0 Å². The Balaban J connectivity index is 2.30. The monoisotopic (exact) mass is 379 g/mol. The topological polar surface area (TPSA) is 37.4 Å². The number of hydrogen-bond acceptors (Lipinski definition) is 4. The van der Waals surface area contributed by atoms with Crippen LogP contribution in [0.15, 0.2) is 26.2 Å². The second-order valence-corrected chi connectivity index (χ2v) is 9.91. The highest BCUT2D eigenvalue weighted by Crippen LogP contribution is 2.32. The summed E-state index contributed by atoms with van der Waals surface area (Å²) in [7, 11) is -1.80. The Morgan fingerprint density at radius 1 is 1.37 bits per heavy atom. The molecule has 0 spiro atoms. The fraction of sp³-hybridized carbons (Fsp3) is 0.333. The van der Waals surface area contributed by atoms with Gasteiger partial charge in [-0.15, -0.1) is 22.7 Å². The van der Waals surface area contributed by atoms with Gasteiger partial charge in [0.2, 0.25) is 10.0 Å². The molecule has 0 aromatic carbocycles. The molecule has 7 heteroatoms. The maximum absolute atomic E-state index is 12.5. The maximum atomic E-state index is 12.5. The lowest BCUT2D eigenvalue weighted by Gasteiger charge is -2.16. The number of halogens is 1. The van der Waals surface area contributed by atoms with E-state index in [2.05, 4.69) is 15.9 Å². The van der Waals surface area contributed by atoms with Crippen molar-refractivity contribution in [2.75, 3.05) is 7.05 Å². The van der Waals surface area contributed by atoms with Gasteiger partial charge in [0.25, 0.3) is 0 Å². The van der Waals surface area contributed by atoms with Gasteiger partial charge in [-0.2, -0.15) is 4.31 Å². The van der Waals surface area contributed by atoms with Crippen LogP contribution in [0.25, 0.3) is 0 Å². The third kappa shape index (κ3) is 3.11. The molecule has 3 nitrogen and oxygen atoms in total. The summed E-state index contributed by atoms with van der Waals surface area (Å²) in [4.78, 5) is 2.28. The zero-order valence-electron chi connectivity index (χ0n) is 10.8. The van der Waals surface area contributed by atoms with Crippen molar-refractivity contribution in [3.8, 4) is 0 Å². The van der Waals surface area contributed by atoms with Crippen LogP contribution in [-0.2, 0) is 16.6 Å². The number of thiophene rings is 2. The third-order valence-electron chi connectivity index (χ3n) is 2.86. The summed E-state index contributed by atoms with van der Waals surface area (Å²) in [6.07, 6.45) is 0. The smallest absolute Gasteiger partial charge is 0.207 e. The van der Waals surface area contributed by atoms with Gasteiger partial charge in [0.15, 0.2) is 0 Å². The Labute approximate surface area is 130 Å². The van der Waals surface area contributed by atoms with Crippen molar-refractivity contribution in [3.63, 3.8) is 0 Å². The van der Waals surface area contributed by atoms with E-state index >= 15 is 0 Å². The Hall–Kier alpha value is -0.210. The first-order valence-corrected chi connectivity index (χ1v) is 9.50. The highest BCUT2D eigenvalue weighted by Gasteiger charge is 2.25. The van der Waals surface area contributed by atoms with E-state index in [1.807, 2.05) is 25.3 Å². The van der Waals surface area contributed by atoms with Gasteiger partial charge < -0.3 is 0 Å². The van der Waals surface area contributed by atoms with Crippen LogP contribution in [0.3, 0.4) is 0 Å². The molecule has 104 valence electrons. The van der Waals surface area contributed by atoms with Crippen LogP contribution in [-0.4, -0.2) is 19.8 Å². The van der Waals surface area contributed by atoms with Crippen molar-refractivity contribution in [3.05, 3.63) is 36.6 Å². The molecule has 2 aromatic heterocycles. The standard InChI is InChI=1S/C12H14BrNO2S3/c1-8-4-5-17-10(8)7-14(3)19(15,16)11-6-12(13)18-9(11)2/h4-6H,7H2,1-3H3. The average molecular weight is 380 g/mol. The first kappa shape index (κ1) is 15.2. The molecule has 0 bridgehead atoms. The van der Waals surface area contributed by atoms with E-state index in [0.29, 0.717) is 11.4 Å². The number of aryl methyl sites for hydroxylation is 2. The summed E-state index contributed by atoms with van der Waals surface area (Å²) in [5, 5.41) is 1.98. The van der Waals surface area contributed by atoms with Crippen LogP contribution < -0.4 is 0 Å². The number of nitrogens with zero attached hydrogens (tertiary/aromatic N) is 1. The van der Waals surface area contributed by atoms with E-state index in [0.717, 1.165) is 19.1 Å². The number of hydrogen-bond donors (Lipinski definition) is 0. The van der Waals surface area contributed by atoms with E-state index < -0.39 is 10.0 Å². The van der Waals surface area contributed by atoms with Gasteiger partial charge >= 0.3 is 0 Å². The van der Waals surface area contributed by atoms with E-state index in [4.69, 9.17) is 0 Å². The Kier molecular flexibility index (Phi) is 4.52. The Morgan fingerprint density at radius 3 is 2.53 bits per heavy atom. The lowest BCUT2D eigenvalue weighted by molar-refractivity contribution is 0.469. The van der Waals surface area contributed by atoms with Crippen LogP contribution in [0.1, 0.15) is 15.3 Å². The molecule has 2 aromatic rings. The van der Waals surface area contributed by atoms with Crippen LogP contribution in [0.4, 0.5) is 0 Å². The van der Waals surface area contributed by atoms with Gasteiger partial charge in [-0.25, -0.2) is 8.42 Å². The molecule has 0 aliphatic heterocycles. The van der Waals surface area contributed by atoms with E-state index in [9.17, 15) is 8.42 Å². The molecule has 0 aliphatic carbocycles. The fourth-order valence-electron chi connectivity index (χ4n) is 1.71. The second-order valence-electron chi connectivity index (χ2n) is 4.26. The molecule has 2 rings (SSSR count). The number of sulfonamides is 1. The minimum atomic E-state index is -3.42. The molecule has 0 atom stereocenters. The van der Waals surface area contributed by atoms with Crippen molar-refractivity contribution >= 4 is 48.6 Å². The van der Waals surface area contributed by atoms with E-state index in [1.54, 1.807) is 24.5 Å². The Bertz CT molecular complexity index is 688. The molecule has 19 heavy (non-hydrogen) atoms. The predicted molar refractivity (Wildman–Crippen MR) is 84.5 cm³/mol. The van der Waals surface area contributed by atoms with Crippen molar-refractivity contribution in [1.29, 1.82) is 0 Å². The third-order valence-corrected chi connectivity index (χ3v) is 7.48. The summed E-state index contributed by atoms with van der Waals surface area (Å²) in [6.45, 7) is 4.24. The lowest BCUT2D eigenvalue weighted by atomic mass is 10.3. The van der Waals surface area contributed by atoms with Gasteiger partial charge in [0.05, 0.1) is 8.68 Å². The highest BCUT2D eigenvalue weighted by molar-refractivity contribution is 9.11. The SMILES string of the molecule is Cc1ccsc1CN(C)S(=O)(=O)c1cc(Br)sc1C. The first-order chi connectivity index (χ1) is 8.82. The van der Waals surface area contributed by atoms with Gasteiger partial charge in [0, 0.05) is 23.3 Å². The van der Waals surface area contributed by atoms with Crippen molar-refractivity contribution < 1.29 is 8.42 Å². The second kappa shape index (κ2) is 5.65. The van der Waals surface area contributed by atoms with Crippen LogP contribution in [0.2, 0.25) is 0 Å². The van der Waals surface area contributed by atoms with Crippen molar-refractivity contribution in [1.82, 2.24) is 4.31 Å². The molecule has 0 saturated carbocycles. The molecule has 0 fully saturated rings. The van der Waals surface area contributed by atoms with Gasteiger partial charge in [-0.05, 0) is 52.9 Å². The summed E-state index contributed by atoms with van der Waals surface area (Å²) in [5.41, 5.74) is 1.13. The quantitative estimate of drug-likeness (QED) is 0.804. The molecule has 0 radical (unpaired) electrons. The summed E-state index contributed by atoms with van der Waals surface area (Å²) < 4.78 is 27.3. The van der Waals surface area contributed by atoms with Gasteiger partial charge in [-0.1, -0.05) is 0 Å². The average Bonchev–Trinajstić information content (AvgIpc) is 2.86. The molecule has 2 heterocycles. The predicted octanol–water partition coefficient (Wildman–Crippen LogP) is 4.01. The molecular formula is C12H14BrNO2S3. The van der Waals surface area contributed by atoms with Crippen LogP contribution in [0.5, 0.6) is 0 Å². The van der Waals surface area contributed by atoms with Crippen LogP contribution in [0, 0.1) is 13.8 Å². The Morgan fingerprint density at radius 2 is 2.05 bits per heavy atom. The normalized spacial score (nSPS) is 12.3. The minimum absolute atomic E-state index is 0.390. The summed E-state index contributed by atoms with van der Waals surface area (Å²) >= 11 is 6.36. The molecule has 0 unspecified atom stereocenters. The minimum Gasteiger partial charge on any atom is -0.207 e. The summed E-state index contributed by atoms with van der Waals surface area (Å²) in [6, 6.07) is 3.68. The van der Waals surface area contributed by atoms with Gasteiger partial charge in [0.1, 0.15) is 0 Å². The zero-order chi connectivity index (χ0) is 14.2. The molecule has 0 saturated heterocycles. The molecule has 0 amide bonds. The summed E-state index contributed by atoms with van der Waals surface area (Å²) in [5.74, 6) is 0. The lowest BCUT2D eigenvalue weighted by Crippen LogP contribution is -2.26. The zero-order valence-corrected chi connectivity index (χ0v) is 14.8. The highest BCUT2D eigenvalue weighted by atomic mass is 79.9. The van der Waals surface area contributed by atoms with Crippen molar-refractivity contribution in [2.45, 2.75) is 25.3 Å². The molecule has 0 N–H and O–H groups in total. The largest absolute Gasteiger partial charge is 0.244 e. The number of rotatable bonds is 4. The fourth-order valence-corrected chi connectivity index (χ4v) is 6.27. The maximum Gasteiger partial charge on any atom is 0.244 e. The molecular weight excluding hydrogens is 366 g/mol. The van der Waals surface area contributed by atoms with E-state index in [1.165, 1.54) is 15.6 Å². The van der Waals surface area contributed by atoms with E-state index in [-0.39, 0.29) is 0 Å². The molecule has 0 aliphatic rings. The van der Waals surface area contributed by atoms with Gasteiger partial charge in [-0.3, -0.25) is 0 Å². The van der Waals surface area contributed by atoms with Crippen LogP contribution >= 0.6 is 38.6 Å². The first-order valence-electron chi connectivity index (χ1n) is 5.57.